The van der Waals surface area contributed by atoms with Crippen LogP contribution in [0.15, 0.2) is 51.7 Å². The van der Waals surface area contributed by atoms with Crippen molar-refractivity contribution in [2.45, 2.75) is 20.8 Å². The number of nitrogens with one attached hydrogen (secondary N) is 1. The largest absolute Gasteiger partial charge is 0.450 e. The van der Waals surface area contributed by atoms with E-state index in [-0.39, 0.29) is 17.2 Å². The van der Waals surface area contributed by atoms with Crippen LogP contribution in [0.5, 0.6) is 0 Å². The molecule has 27 heavy (non-hydrogen) atoms. The number of carbonyl (C=O) groups excluding carboxylic acids is 1. The Morgan fingerprint density at radius 1 is 1.15 bits per heavy atom. The number of amides is 1. The number of hydrogen-bond acceptors (Lipinski definition) is 4. The molecule has 5 nitrogen and oxygen atoms in total. The van der Waals surface area contributed by atoms with Crippen molar-refractivity contribution in [2.24, 2.45) is 0 Å². The van der Waals surface area contributed by atoms with Crippen LogP contribution in [0, 0.1) is 5.82 Å². The Hall–Kier alpha value is -2.86. The average molecular weight is 392 g/mol. The van der Waals surface area contributed by atoms with Gasteiger partial charge in [-0.2, -0.15) is 0 Å². The SMILES string of the molecule is CC.CCOC(=O)Nc1ccc2c(-c3ccc(F)cc3Cl)cc(=O)oc2c1. The molecule has 1 heterocycles. The Balaban J connectivity index is 0.00000126. The topological polar surface area (TPSA) is 68.5 Å². The van der Waals surface area contributed by atoms with E-state index in [9.17, 15) is 14.0 Å². The molecule has 0 atom stereocenters. The van der Waals surface area contributed by atoms with Gasteiger partial charge in [-0.25, -0.2) is 14.0 Å². The minimum Gasteiger partial charge on any atom is -0.450 e. The molecule has 7 heteroatoms. The number of fused-ring (bicyclic) bond motifs is 1. The van der Waals surface area contributed by atoms with Crippen LogP contribution in [0.3, 0.4) is 0 Å². The molecule has 2 aromatic carbocycles. The zero-order valence-corrected chi connectivity index (χ0v) is 15.9. The third-order valence-electron chi connectivity index (χ3n) is 3.49. The summed E-state index contributed by atoms with van der Waals surface area (Å²) in [6.07, 6.45) is -0.609. The van der Waals surface area contributed by atoms with E-state index in [1.54, 1.807) is 19.1 Å². The van der Waals surface area contributed by atoms with E-state index < -0.39 is 17.5 Å². The second-order valence-electron chi connectivity index (χ2n) is 5.16. The van der Waals surface area contributed by atoms with E-state index in [0.29, 0.717) is 22.2 Å². The lowest BCUT2D eigenvalue weighted by molar-refractivity contribution is 0.168. The van der Waals surface area contributed by atoms with Crippen LogP contribution in [0.25, 0.3) is 22.1 Å². The van der Waals surface area contributed by atoms with E-state index in [2.05, 4.69) is 5.32 Å². The van der Waals surface area contributed by atoms with Crippen molar-refractivity contribution in [3.63, 3.8) is 0 Å². The molecule has 0 saturated heterocycles. The minimum absolute atomic E-state index is 0.181. The lowest BCUT2D eigenvalue weighted by atomic mass is 10.0. The second kappa shape index (κ2) is 9.19. The van der Waals surface area contributed by atoms with Gasteiger partial charge in [0.1, 0.15) is 11.4 Å². The molecule has 1 amide bonds. The van der Waals surface area contributed by atoms with Crippen molar-refractivity contribution >= 4 is 34.4 Å². The highest BCUT2D eigenvalue weighted by atomic mass is 35.5. The summed E-state index contributed by atoms with van der Waals surface area (Å²) in [6.45, 7) is 5.93. The number of halogens is 2. The summed E-state index contributed by atoms with van der Waals surface area (Å²) in [4.78, 5) is 23.4. The summed E-state index contributed by atoms with van der Waals surface area (Å²) in [5.41, 5.74) is 1.11. The molecule has 3 aromatic rings. The molecule has 0 saturated carbocycles. The summed E-state index contributed by atoms with van der Waals surface area (Å²) in [7, 11) is 0. The predicted molar refractivity (Wildman–Crippen MR) is 105 cm³/mol. The molecular formula is C20H19ClFNO4. The van der Waals surface area contributed by atoms with Crippen LogP contribution in [-0.4, -0.2) is 12.7 Å². The first-order valence-electron chi connectivity index (χ1n) is 8.45. The van der Waals surface area contributed by atoms with E-state index in [4.69, 9.17) is 20.8 Å². The third-order valence-corrected chi connectivity index (χ3v) is 3.80. The summed E-state index contributed by atoms with van der Waals surface area (Å²) in [5, 5.41) is 3.31. The zero-order valence-electron chi connectivity index (χ0n) is 15.1. The first-order chi connectivity index (χ1) is 13.0. The van der Waals surface area contributed by atoms with Crippen LogP contribution in [-0.2, 0) is 4.74 Å². The molecule has 142 valence electrons. The van der Waals surface area contributed by atoms with Crippen LogP contribution < -0.4 is 10.9 Å². The first kappa shape index (κ1) is 20.5. The summed E-state index contributed by atoms with van der Waals surface area (Å²) >= 11 is 6.11. The molecule has 0 aliphatic heterocycles. The number of ether oxygens (including phenoxy) is 1. The van der Waals surface area contributed by atoms with Crippen molar-refractivity contribution in [1.82, 2.24) is 0 Å². The monoisotopic (exact) mass is 391 g/mol. The molecule has 1 N–H and O–H groups in total. The lowest BCUT2D eigenvalue weighted by Crippen LogP contribution is -2.13. The van der Waals surface area contributed by atoms with Gasteiger partial charge in [-0.1, -0.05) is 25.4 Å². The average Bonchev–Trinajstić information content (AvgIpc) is 2.62. The number of anilines is 1. The summed E-state index contributed by atoms with van der Waals surface area (Å²) in [5.74, 6) is -0.470. The van der Waals surface area contributed by atoms with Crippen molar-refractivity contribution < 1.29 is 18.3 Å². The summed E-state index contributed by atoms with van der Waals surface area (Å²) < 4.78 is 23.3. The lowest BCUT2D eigenvalue weighted by Gasteiger charge is -2.10. The molecule has 0 aliphatic rings. The van der Waals surface area contributed by atoms with Crippen LogP contribution >= 0.6 is 11.6 Å². The van der Waals surface area contributed by atoms with Gasteiger partial charge in [0.05, 0.1) is 11.6 Å². The van der Waals surface area contributed by atoms with Gasteiger partial charge in [0.15, 0.2) is 0 Å². The Kier molecular flexibility index (Phi) is 6.96. The van der Waals surface area contributed by atoms with Crippen molar-refractivity contribution in [3.05, 3.63) is 63.7 Å². The minimum atomic E-state index is -0.609. The molecular weight excluding hydrogens is 373 g/mol. The standard InChI is InChI=1S/C18H13ClFNO4.C2H6/c1-2-24-18(23)21-11-4-6-13-14(9-17(22)25-16(13)8-11)12-5-3-10(20)7-15(12)19;1-2/h3-9H,2H2,1H3,(H,21,23);1-2H3. The molecule has 0 bridgehead atoms. The van der Waals surface area contributed by atoms with Crippen LogP contribution in [0.1, 0.15) is 20.8 Å². The number of hydrogen-bond donors (Lipinski definition) is 1. The first-order valence-corrected chi connectivity index (χ1v) is 8.83. The predicted octanol–water partition coefficient (Wildman–Crippen LogP) is 5.85. The zero-order chi connectivity index (χ0) is 20.0. The molecule has 0 aliphatic carbocycles. The quantitative estimate of drug-likeness (QED) is 0.569. The molecule has 0 radical (unpaired) electrons. The van der Waals surface area contributed by atoms with E-state index in [0.717, 1.165) is 0 Å². The van der Waals surface area contributed by atoms with Crippen molar-refractivity contribution in [2.75, 3.05) is 11.9 Å². The smallest absolute Gasteiger partial charge is 0.411 e. The number of benzene rings is 2. The van der Waals surface area contributed by atoms with E-state index >= 15 is 0 Å². The van der Waals surface area contributed by atoms with Gasteiger partial charge in [0.25, 0.3) is 0 Å². The van der Waals surface area contributed by atoms with Crippen LogP contribution in [0.2, 0.25) is 5.02 Å². The summed E-state index contributed by atoms with van der Waals surface area (Å²) in [6, 6.07) is 10.0. The number of carbonyl (C=O) groups is 1. The van der Waals surface area contributed by atoms with Gasteiger partial charge >= 0.3 is 11.7 Å². The normalized spacial score (nSPS) is 10.1. The molecule has 0 fully saturated rings. The Labute approximate surface area is 160 Å². The van der Waals surface area contributed by atoms with E-state index in [1.807, 2.05) is 13.8 Å². The van der Waals surface area contributed by atoms with Crippen molar-refractivity contribution in [3.8, 4) is 11.1 Å². The Morgan fingerprint density at radius 3 is 2.56 bits per heavy atom. The van der Waals surface area contributed by atoms with Crippen LogP contribution in [0.4, 0.5) is 14.9 Å². The number of rotatable bonds is 3. The van der Waals surface area contributed by atoms with Gasteiger partial charge in [0.2, 0.25) is 0 Å². The Morgan fingerprint density at radius 2 is 1.89 bits per heavy atom. The van der Waals surface area contributed by atoms with E-state index in [1.165, 1.54) is 30.3 Å². The van der Waals surface area contributed by atoms with Gasteiger partial charge < -0.3 is 9.15 Å². The molecule has 0 unspecified atom stereocenters. The Bertz CT molecular complexity index is 1020. The highest BCUT2D eigenvalue weighted by Gasteiger charge is 2.13. The fourth-order valence-corrected chi connectivity index (χ4v) is 2.73. The molecule has 3 rings (SSSR count). The van der Waals surface area contributed by atoms with Crippen molar-refractivity contribution in [1.29, 1.82) is 0 Å². The highest BCUT2D eigenvalue weighted by molar-refractivity contribution is 6.33. The van der Waals surface area contributed by atoms with Gasteiger partial charge in [-0.15, -0.1) is 0 Å². The molecule has 0 spiro atoms. The van der Waals surface area contributed by atoms with Gasteiger partial charge in [-0.3, -0.25) is 5.32 Å². The van der Waals surface area contributed by atoms with Gasteiger partial charge in [0, 0.05) is 34.3 Å². The van der Waals surface area contributed by atoms with Gasteiger partial charge in [-0.05, 0) is 37.3 Å². The molecule has 1 aromatic heterocycles. The fraction of sp³-hybridized carbons (Fsp3) is 0.200. The highest BCUT2D eigenvalue weighted by Crippen LogP contribution is 2.33. The third kappa shape index (κ3) is 4.86. The maximum Gasteiger partial charge on any atom is 0.411 e. The maximum absolute atomic E-state index is 13.3. The second-order valence-corrected chi connectivity index (χ2v) is 5.57. The fourth-order valence-electron chi connectivity index (χ4n) is 2.46. The maximum atomic E-state index is 13.3.